The molecule has 1 N–H and O–H groups in total. The van der Waals surface area contributed by atoms with Crippen molar-refractivity contribution < 1.29 is 4.39 Å². The lowest BCUT2D eigenvalue weighted by atomic mass is 9.93. The second-order valence-electron chi connectivity index (χ2n) is 5.76. The van der Waals surface area contributed by atoms with Gasteiger partial charge >= 0.3 is 0 Å². The summed E-state index contributed by atoms with van der Waals surface area (Å²) >= 11 is 10.6. The highest BCUT2D eigenvalue weighted by molar-refractivity contribution is 7.80. The molecule has 126 valence electrons. The van der Waals surface area contributed by atoms with E-state index >= 15 is 0 Å². The van der Waals surface area contributed by atoms with Gasteiger partial charge in [-0.3, -0.25) is 0 Å². The molecular formula is C21H17ClFNS. The Hall–Kier alpha value is -2.10. The summed E-state index contributed by atoms with van der Waals surface area (Å²) < 4.78 is 14.3. The van der Waals surface area contributed by atoms with Gasteiger partial charge in [0.15, 0.2) is 0 Å². The number of thiol groups is 1. The lowest BCUT2D eigenvalue weighted by molar-refractivity contribution is 0.631. The Morgan fingerprint density at radius 3 is 2.44 bits per heavy atom. The van der Waals surface area contributed by atoms with Crippen LogP contribution >= 0.6 is 24.2 Å². The number of nitrogens with one attached hydrogen (secondary N) is 1. The van der Waals surface area contributed by atoms with E-state index in [1.807, 2.05) is 42.5 Å². The molecule has 0 saturated carbocycles. The maximum absolute atomic E-state index is 14.3. The molecule has 25 heavy (non-hydrogen) atoms. The van der Waals surface area contributed by atoms with Crippen molar-refractivity contribution in [1.29, 1.82) is 5.41 Å². The van der Waals surface area contributed by atoms with Crippen LogP contribution in [-0.4, -0.2) is 6.21 Å². The summed E-state index contributed by atoms with van der Waals surface area (Å²) in [4.78, 5) is 0.876. The Balaban J connectivity index is 2.09. The molecule has 0 radical (unpaired) electrons. The summed E-state index contributed by atoms with van der Waals surface area (Å²) in [6.07, 6.45) is 2.88. The highest BCUT2D eigenvalue weighted by atomic mass is 35.5. The van der Waals surface area contributed by atoms with Crippen LogP contribution < -0.4 is 0 Å². The van der Waals surface area contributed by atoms with Gasteiger partial charge in [0.1, 0.15) is 5.82 Å². The SMILES string of the molecule is N=CCCc1ccc(-c2ccccc2-c2cc(Cl)ccc2F)cc1S. The standard InChI is InChI=1S/C21H17ClFNS/c22-16-9-10-20(23)19(13-16)18-6-2-1-5-17(18)15-8-7-14(4-3-11-24)21(25)12-15/h1-2,5-13,24-25H,3-4H2. The van der Waals surface area contributed by atoms with Crippen LogP contribution in [0.4, 0.5) is 4.39 Å². The first-order valence-electron chi connectivity index (χ1n) is 7.96. The van der Waals surface area contributed by atoms with Crippen molar-refractivity contribution in [3.05, 3.63) is 77.1 Å². The van der Waals surface area contributed by atoms with Crippen molar-refractivity contribution >= 4 is 30.4 Å². The second kappa shape index (κ2) is 7.85. The fourth-order valence-corrected chi connectivity index (χ4v) is 3.34. The van der Waals surface area contributed by atoms with E-state index in [-0.39, 0.29) is 5.82 Å². The average Bonchev–Trinajstić information content (AvgIpc) is 2.63. The smallest absolute Gasteiger partial charge is 0.131 e. The predicted molar refractivity (Wildman–Crippen MR) is 107 cm³/mol. The van der Waals surface area contributed by atoms with Gasteiger partial charge < -0.3 is 5.41 Å². The van der Waals surface area contributed by atoms with E-state index < -0.39 is 0 Å². The molecule has 0 unspecified atom stereocenters. The first-order valence-corrected chi connectivity index (χ1v) is 8.78. The number of aryl methyl sites for hydroxylation is 1. The van der Waals surface area contributed by atoms with Gasteiger partial charge in [0.05, 0.1) is 0 Å². The van der Waals surface area contributed by atoms with Crippen LogP contribution in [0.2, 0.25) is 5.02 Å². The zero-order valence-electron chi connectivity index (χ0n) is 13.5. The number of rotatable bonds is 5. The summed E-state index contributed by atoms with van der Waals surface area (Å²) in [5.74, 6) is -0.300. The highest BCUT2D eigenvalue weighted by Crippen LogP contribution is 2.36. The zero-order chi connectivity index (χ0) is 17.8. The quantitative estimate of drug-likeness (QED) is 0.370. The summed E-state index contributed by atoms with van der Waals surface area (Å²) in [7, 11) is 0. The topological polar surface area (TPSA) is 23.9 Å². The van der Waals surface area contributed by atoms with Gasteiger partial charge in [-0.15, -0.1) is 12.6 Å². The summed E-state index contributed by atoms with van der Waals surface area (Å²) in [5, 5.41) is 7.67. The third-order valence-electron chi connectivity index (χ3n) is 4.10. The molecule has 3 aromatic carbocycles. The highest BCUT2D eigenvalue weighted by Gasteiger charge is 2.12. The van der Waals surface area contributed by atoms with Crippen molar-refractivity contribution in [2.24, 2.45) is 0 Å². The fourth-order valence-electron chi connectivity index (χ4n) is 2.84. The lowest BCUT2D eigenvalue weighted by Crippen LogP contribution is -1.92. The Morgan fingerprint density at radius 1 is 0.960 bits per heavy atom. The van der Waals surface area contributed by atoms with Crippen LogP contribution in [0, 0.1) is 11.2 Å². The molecule has 3 aromatic rings. The third-order valence-corrected chi connectivity index (χ3v) is 4.75. The van der Waals surface area contributed by atoms with Crippen LogP contribution in [0.1, 0.15) is 12.0 Å². The molecular weight excluding hydrogens is 353 g/mol. The molecule has 0 aliphatic carbocycles. The molecule has 4 heteroatoms. The number of hydrogen-bond acceptors (Lipinski definition) is 2. The van der Waals surface area contributed by atoms with Crippen molar-refractivity contribution in [2.45, 2.75) is 17.7 Å². The Morgan fingerprint density at radius 2 is 1.72 bits per heavy atom. The molecule has 0 bridgehead atoms. The van der Waals surface area contributed by atoms with Crippen LogP contribution in [-0.2, 0) is 6.42 Å². The molecule has 0 aliphatic heterocycles. The first-order chi connectivity index (χ1) is 12.1. The normalized spacial score (nSPS) is 10.7. The molecule has 1 nitrogen and oxygen atoms in total. The van der Waals surface area contributed by atoms with E-state index in [4.69, 9.17) is 17.0 Å². The Kier molecular flexibility index (Phi) is 5.57. The van der Waals surface area contributed by atoms with Crippen LogP contribution in [0.15, 0.2) is 65.6 Å². The summed E-state index contributed by atoms with van der Waals surface area (Å²) in [6, 6.07) is 18.3. The Bertz CT molecular complexity index is 924. The average molecular weight is 370 g/mol. The number of benzene rings is 3. The molecule has 0 saturated heterocycles. The molecule has 0 amide bonds. The minimum Gasteiger partial charge on any atom is -0.313 e. The van der Waals surface area contributed by atoms with Crippen LogP contribution in [0.5, 0.6) is 0 Å². The van der Waals surface area contributed by atoms with Crippen molar-refractivity contribution in [2.75, 3.05) is 0 Å². The van der Waals surface area contributed by atoms with Crippen molar-refractivity contribution in [3.63, 3.8) is 0 Å². The lowest BCUT2D eigenvalue weighted by Gasteiger charge is -2.13. The van der Waals surface area contributed by atoms with Gasteiger partial charge in [0.25, 0.3) is 0 Å². The molecule has 0 spiro atoms. The monoisotopic (exact) mass is 369 g/mol. The van der Waals surface area contributed by atoms with Gasteiger partial charge in [0, 0.05) is 15.5 Å². The molecule has 3 rings (SSSR count). The second-order valence-corrected chi connectivity index (χ2v) is 6.67. The Labute approximate surface area is 157 Å². The maximum Gasteiger partial charge on any atom is 0.131 e. The van der Waals surface area contributed by atoms with E-state index in [9.17, 15) is 4.39 Å². The third kappa shape index (κ3) is 3.94. The zero-order valence-corrected chi connectivity index (χ0v) is 15.1. The fraction of sp³-hybridized carbons (Fsp3) is 0.0952. The van der Waals surface area contributed by atoms with E-state index in [1.165, 1.54) is 12.3 Å². The maximum atomic E-state index is 14.3. The van der Waals surface area contributed by atoms with Crippen molar-refractivity contribution in [3.8, 4) is 22.3 Å². The minimum atomic E-state index is -0.300. The predicted octanol–water partition coefficient (Wildman–Crippen LogP) is 6.68. The van der Waals surface area contributed by atoms with E-state index in [0.717, 1.165) is 33.6 Å². The van der Waals surface area contributed by atoms with Crippen LogP contribution in [0.3, 0.4) is 0 Å². The van der Waals surface area contributed by atoms with Gasteiger partial charge in [-0.2, -0.15) is 0 Å². The van der Waals surface area contributed by atoms with Gasteiger partial charge in [0.2, 0.25) is 0 Å². The van der Waals surface area contributed by atoms with E-state index in [2.05, 4.69) is 12.6 Å². The van der Waals surface area contributed by atoms with Crippen LogP contribution in [0.25, 0.3) is 22.3 Å². The number of hydrogen-bond donors (Lipinski definition) is 2. The summed E-state index contributed by atoms with van der Waals surface area (Å²) in [6.45, 7) is 0. The molecule has 0 aliphatic rings. The van der Waals surface area contributed by atoms with Gasteiger partial charge in [-0.1, -0.05) is 48.0 Å². The largest absolute Gasteiger partial charge is 0.313 e. The minimum absolute atomic E-state index is 0.300. The molecule has 0 atom stereocenters. The van der Waals surface area contributed by atoms with Gasteiger partial charge in [-0.05, 0) is 65.6 Å². The first kappa shape index (κ1) is 17.7. The van der Waals surface area contributed by atoms with Crippen molar-refractivity contribution in [1.82, 2.24) is 0 Å². The van der Waals surface area contributed by atoms with E-state index in [0.29, 0.717) is 17.0 Å². The molecule has 0 heterocycles. The van der Waals surface area contributed by atoms with E-state index in [1.54, 1.807) is 12.1 Å². The van der Waals surface area contributed by atoms with Gasteiger partial charge in [-0.25, -0.2) is 4.39 Å². The summed E-state index contributed by atoms with van der Waals surface area (Å²) in [5.41, 5.74) is 4.28. The number of halogens is 2. The molecule has 0 fully saturated rings. The molecule has 0 aromatic heterocycles.